The highest BCUT2D eigenvalue weighted by atomic mass is 32.2. The van der Waals surface area contributed by atoms with Gasteiger partial charge in [0.15, 0.2) is 0 Å². The predicted octanol–water partition coefficient (Wildman–Crippen LogP) is 0.728. The highest BCUT2D eigenvalue weighted by molar-refractivity contribution is 7.89. The number of nitrogens with one attached hydrogen (secondary N) is 1. The van der Waals surface area contributed by atoms with Crippen molar-refractivity contribution in [2.24, 2.45) is 0 Å². The van der Waals surface area contributed by atoms with Crippen LogP contribution in [0.4, 0.5) is 5.69 Å². The SMILES string of the molecule is CCCC(O)CNS(=O)(=O)CCOc1ccc(N)cc1. The maximum Gasteiger partial charge on any atom is 0.215 e. The highest BCUT2D eigenvalue weighted by Gasteiger charge is 2.12. The van der Waals surface area contributed by atoms with Crippen molar-refractivity contribution in [3.63, 3.8) is 0 Å². The molecule has 7 heteroatoms. The summed E-state index contributed by atoms with van der Waals surface area (Å²) in [6.07, 6.45) is 0.737. The molecule has 6 nitrogen and oxygen atoms in total. The summed E-state index contributed by atoms with van der Waals surface area (Å²) in [5, 5.41) is 9.47. The highest BCUT2D eigenvalue weighted by Crippen LogP contribution is 2.12. The molecule has 0 heterocycles. The van der Waals surface area contributed by atoms with E-state index in [1.807, 2.05) is 6.92 Å². The van der Waals surface area contributed by atoms with Gasteiger partial charge in [0.05, 0.1) is 11.9 Å². The molecule has 0 spiro atoms. The third kappa shape index (κ3) is 6.74. The van der Waals surface area contributed by atoms with Crippen LogP contribution in [0.2, 0.25) is 0 Å². The summed E-state index contributed by atoms with van der Waals surface area (Å²) in [5.74, 6) is 0.413. The number of rotatable bonds is 9. The van der Waals surface area contributed by atoms with Gasteiger partial charge in [0.25, 0.3) is 0 Å². The van der Waals surface area contributed by atoms with Crippen molar-refractivity contribution in [1.82, 2.24) is 4.72 Å². The number of sulfonamides is 1. The fraction of sp³-hybridized carbons (Fsp3) is 0.538. The van der Waals surface area contributed by atoms with Crippen molar-refractivity contribution in [3.8, 4) is 5.75 Å². The smallest absolute Gasteiger partial charge is 0.215 e. The second kappa shape index (κ2) is 8.08. The molecule has 114 valence electrons. The van der Waals surface area contributed by atoms with Gasteiger partial charge in [-0.1, -0.05) is 13.3 Å². The first-order chi connectivity index (χ1) is 9.43. The third-order valence-corrected chi connectivity index (χ3v) is 3.97. The summed E-state index contributed by atoms with van der Waals surface area (Å²) in [4.78, 5) is 0. The van der Waals surface area contributed by atoms with Crippen molar-refractivity contribution in [1.29, 1.82) is 0 Å². The van der Waals surface area contributed by atoms with Crippen LogP contribution in [0.1, 0.15) is 19.8 Å². The molecule has 1 aromatic carbocycles. The number of ether oxygens (including phenoxy) is 1. The molecule has 0 aliphatic carbocycles. The fourth-order valence-corrected chi connectivity index (χ4v) is 2.46. The number of hydrogen-bond acceptors (Lipinski definition) is 5. The Morgan fingerprint density at radius 2 is 2.00 bits per heavy atom. The summed E-state index contributed by atoms with van der Waals surface area (Å²) in [6, 6.07) is 6.73. The normalized spacial score (nSPS) is 13.1. The van der Waals surface area contributed by atoms with Gasteiger partial charge in [-0.05, 0) is 30.7 Å². The Balaban J connectivity index is 2.30. The van der Waals surface area contributed by atoms with E-state index in [0.717, 1.165) is 6.42 Å². The number of aliphatic hydroxyl groups is 1. The zero-order valence-electron chi connectivity index (χ0n) is 11.6. The average molecular weight is 302 g/mol. The minimum absolute atomic E-state index is 0.0397. The predicted molar refractivity (Wildman–Crippen MR) is 79.1 cm³/mol. The Kier molecular flexibility index (Phi) is 6.77. The molecule has 1 rings (SSSR count). The zero-order chi connectivity index (χ0) is 15.0. The van der Waals surface area contributed by atoms with Gasteiger partial charge in [0.2, 0.25) is 10.0 Å². The molecular weight excluding hydrogens is 280 g/mol. The quantitative estimate of drug-likeness (QED) is 0.584. The number of benzene rings is 1. The van der Waals surface area contributed by atoms with Crippen LogP contribution < -0.4 is 15.2 Å². The zero-order valence-corrected chi connectivity index (χ0v) is 12.4. The largest absolute Gasteiger partial charge is 0.492 e. The lowest BCUT2D eigenvalue weighted by Gasteiger charge is -2.11. The first kappa shape index (κ1) is 16.7. The summed E-state index contributed by atoms with van der Waals surface area (Å²) in [7, 11) is -3.43. The second-order valence-electron chi connectivity index (χ2n) is 4.53. The molecule has 0 radical (unpaired) electrons. The van der Waals surface area contributed by atoms with E-state index >= 15 is 0 Å². The first-order valence-electron chi connectivity index (χ1n) is 6.56. The van der Waals surface area contributed by atoms with Crippen molar-refractivity contribution in [2.45, 2.75) is 25.9 Å². The summed E-state index contributed by atoms with van der Waals surface area (Å²) < 4.78 is 31.0. The minimum Gasteiger partial charge on any atom is -0.492 e. The lowest BCUT2D eigenvalue weighted by atomic mass is 10.2. The van der Waals surface area contributed by atoms with Gasteiger partial charge in [-0.3, -0.25) is 0 Å². The van der Waals surface area contributed by atoms with Crippen molar-refractivity contribution in [3.05, 3.63) is 24.3 Å². The van der Waals surface area contributed by atoms with Crippen LogP contribution in [-0.2, 0) is 10.0 Å². The Bertz CT molecular complexity index is 488. The molecule has 20 heavy (non-hydrogen) atoms. The number of aliphatic hydroxyl groups excluding tert-OH is 1. The molecule has 0 saturated heterocycles. The Morgan fingerprint density at radius 3 is 2.60 bits per heavy atom. The van der Waals surface area contributed by atoms with Crippen LogP contribution in [-0.4, -0.2) is 38.5 Å². The fourth-order valence-electron chi connectivity index (χ4n) is 1.56. The monoisotopic (exact) mass is 302 g/mol. The van der Waals surface area contributed by atoms with Crippen LogP contribution >= 0.6 is 0 Å². The third-order valence-electron chi connectivity index (χ3n) is 2.66. The van der Waals surface area contributed by atoms with Crippen molar-refractivity contribution >= 4 is 15.7 Å². The first-order valence-corrected chi connectivity index (χ1v) is 8.22. The van der Waals surface area contributed by atoms with E-state index in [9.17, 15) is 13.5 Å². The van der Waals surface area contributed by atoms with Crippen molar-refractivity contribution < 1.29 is 18.3 Å². The van der Waals surface area contributed by atoms with Crippen LogP contribution in [0.5, 0.6) is 5.75 Å². The molecule has 0 amide bonds. The molecular formula is C13H22N2O4S. The van der Waals surface area contributed by atoms with E-state index in [0.29, 0.717) is 17.9 Å². The topological polar surface area (TPSA) is 102 Å². The molecule has 1 atom stereocenters. The number of nitrogen functional groups attached to an aromatic ring is 1. The lowest BCUT2D eigenvalue weighted by Crippen LogP contribution is -2.35. The van der Waals surface area contributed by atoms with Gasteiger partial charge in [0.1, 0.15) is 12.4 Å². The molecule has 1 unspecified atom stereocenters. The molecule has 0 aromatic heterocycles. The van der Waals surface area contributed by atoms with E-state index < -0.39 is 16.1 Å². The van der Waals surface area contributed by atoms with E-state index in [4.69, 9.17) is 10.5 Å². The van der Waals surface area contributed by atoms with Gasteiger partial charge in [-0.15, -0.1) is 0 Å². The van der Waals surface area contributed by atoms with Crippen LogP contribution in [0.15, 0.2) is 24.3 Å². The van der Waals surface area contributed by atoms with E-state index in [1.54, 1.807) is 24.3 Å². The number of nitrogens with two attached hydrogens (primary N) is 1. The van der Waals surface area contributed by atoms with Gasteiger partial charge in [-0.2, -0.15) is 0 Å². The van der Waals surface area contributed by atoms with Crippen LogP contribution in [0.25, 0.3) is 0 Å². The number of anilines is 1. The second-order valence-corrected chi connectivity index (χ2v) is 6.45. The molecule has 4 N–H and O–H groups in total. The standard InChI is InChI=1S/C13H22N2O4S/c1-2-3-12(16)10-15-20(17,18)9-8-19-13-6-4-11(14)5-7-13/h4-7,12,15-16H,2-3,8-10,14H2,1H3. The molecule has 0 aliphatic rings. The van der Waals surface area contributed by atoms with Gasteiger partial charge >= 0.3 is 0 Å². The van der Waals surface area contributed by atoms with E-state index in [-0.39, 0.29) is 18.9 Å². The Labute approximate surface area is 120 Å². The van der Waals surface area contributed by atoms with E-state index in [1.165, 1.54) is 0 Å². The summed E-state index contributed by atoms with van der Waals surface area (Å²) in [6.45, 7) is 2.01. The maximum atomic E-state index is 11.7. The van der Waals surface area contributed by atoms with Crippen LogP contribution in [0, 0.1) is 0 Å². The molecule has 0 aliphatic heterocycles. The van der Waals surface area contributed by atoms with Gasteiger partial charge < -0.3 is 15.6 Å². The molecule has 0 saturated carbocycles. The summed E-state index contributed by atoms with van der Waals surface area (Å²) in [5.41, 5.74) is 6.15. The van der Waals surface area contributed by atoms with Gasteiger partial charge in [0, 0.05) is 12.2 Å². The van der Waals surface area contributed by atoms with Gasteiger partial charge in [-0.25, -0.2) is 13.1 Å². The lowest BCUT2D eigenvalue weighted by molar-refractivity contribution is 0.167. The Morgan fingerprint density at radius 1 is 1.35 bits per heavy atom. The molecule has 1 aromatic rings. The number of hydrogen-bond donors (Lipinski definition) is 3. The maximum absolute atomic E-state index is 11.7. The minimum atomic E-state index is -3.43. The molecule has 0 bridgehead atoms. The molecule has 0 fully saturated rings. The van der Waals surface area contributed by atoms with Crippen molar-refractivity contribution in [2.75, 3.05) is 24.6 Å². The Hall–Kier alpha value is -1.31. The van der Waals surface area contributed by atoms with Crippen LogP contribution in [0.3, 0.4) is 0 Å². The van der Waals surface area contributed by atoms with E-state index in [2.05, 4.69) is 4.72 Å². The average Bonchev–Trinajstić information content (AvgIpc) is 2.39. The summed E-state index contributed by atoms with van der Waals surface area (Å²) >= 11 is 0.